The zero-order valence-corrected chi connectivity index (χ0v) is 7.86. The number of halogens is 1. The average Bonchev–Trinajstić information content (AvgIpc) is 2.17. The van der Waals surface area contributed by atoms with E-state index in [1.165, 1.54) is 6.08 Å². The van der Waals surface area contributed by atoms with Gasteiger partial charge < -0.3 is 0 Å². The van der Waals surface area contributed by atoms with Gasteiger partial charge in [-0.2, -0.15) is 0 Å². The molecule has 0 aliphatic heterocycles. The summed E-state index contributed by atoms with van der Waals surface area (Å²) in [6.07, 6.45) is 3.81. The van der Waals surface area contributed by atoms with E-state index in [1.54, 1.807) is 24.3 Å². The van der Waals surface area contributed by atoms with Gasteiger partial charge in [-0.05, 0) is 17.7 Å². The van der Waals surface area contributed by atoms with Crippen molar-refractivity contribution in [2.45, 2.75) is 0 Å². The van der Waals surface area contributed by atoms with E-state index < -0.39 is 5.91 Å². The molecule has 14 heavy (non-hydrogen) atoms. The third-order valence-corrected chi connectivity index (χ3v) is 1.81. The first-order valence-electron chi connectivity index (χ1n) is 3.78. The Hall–Kier alpha value is -1.70. The van der Waals surface area contributed by atoms with E-state index in [9.17, 15) is 9.59 Å². The van der Waals surface area contributed by atoms with E-state index in [0.717, 1.165) is 12.2 Å². The highest BCUT2D eigenvalue weighted by Crippen LogP contribution is 2.15. The maximum absolute atomic E-state index is 10.8. The molecule has 0 radical (unpaired) electrons. The van der Waals surface area contributed by atoms with Gasteiger partial charge in [0.05, 0.1) is 0 Å². The van der Waals surface area contributed by atoms with E-state index in [2.05, 4.69) is 4.99 Å². The first kappa shape index (κ1) is 10.4. The van der Waals surface area contributed by atoms with Crippen LogP contribution in [-0.4, -0.2) is 12.0 Å². The lowest BCUT2D eigenvalue weighted by molar-refractivity contribution is -0.113. The summed E-state index contributed by atoms with van der Waals surface area (Å²) in [5.41, 5.74) is 0.698. The lowest BCUT2D eigenvalue weighted by atomic mass is 10.2. The second kappa shape index (κ2) is 5.12. The fourth-order valence-electron chi connectivity index (χ4n) is 0.854. The van der Waals surface area contributed by atoms with E-state index in [1.807, 2.05) is 0 Å². The summed E-state index contributed by atoms with van der Waals surface area (Å²) in [5, 5.41) is 0.534. The van der Waals surface area contributed by atoms with Crippen LogP contribution in [0.5, 0.6) is 0 Å². The minimum absolute atomic E-state index is 0.534. The number of carbonyl (C=O) groups is 1. The third kappa shape index (κ3) is 2.98. The Morgan fingerprint density at radius 2 is 2.14 bits per heavy atom. The molecule has 0 saturated carbocycles. The Bertz CT molecular complexity index is 420. The number of carbonyl (C=O) groups excluding carboxylic acids is 2. The van der Waals surface area contributed by atoms with Crippen molar-refractivity contribution in [2.75, 3.05) is 0 Å². The van der Waals surface area contributed by atoms with Gasteiger partial charge in [0.1, 0.15) is 0 Å². The third-order valence-electron chi connectivity index (χ3n) is 1.47. The second-order valence-corrected chi connectivity index (χ2v) is 2.80. The normalized spacial score (nSPS) is 9.79. The summed E-state index contributed by atoms with van der Waals surface area (Å²) in [6, 6.07) is 7.02. The first-order chi connectivity index (χ1) is 6.74. The van der Waals surface area contributed by atoms with E-state index in [-0.39, 0.29) is 0 Å². The molecular formula is C10H6ClNO2. The molecule has 0 aliphatic carbocycles. The summed E-state index contributed by atoms with van der Waals surface area (Å²) in [4.78, 5) is 23.4. The van der Waals surface area contributed by atoms with Crippen molar-refractivity contribution in [3.63, 3.8) is 0 Å². The number of rotatable bonds is 2. The Morgan fingerprint density at radius 3 is 2.79 bits per heavy atom. The highest BCUT2D eigenvalue weighted by Gasteiger charge is 1.95. The molecular weight excluding hydrogens is 202 g/mol. The van der Waals surface area contributed by atoms with Crippen molar-refractivity contribution < 1.29 is 9.59 Å². The molecule has 0 atom stereocenters. The van der Waals surface area contributed by atoms with E-state index in [4.69, 9.17) is 11.6 Å². The van der Waals surface area contributed by atoms with Gasteiger partial charge in [-0.3, -0.25) is 4.79 Å². The molecule has 1 amide bonds. The van der Waals surface area contributed by atoms with E-state index in [0.29, 0.717) is 10.6 Å². The van der Waals surface area contributed by atoms with Crippen LogP contribution in [0.1, 0.15) is 5.56 Å². The molecule has 0 bridgehead atoms. The molecule has 1 rings (SSSR count). The van der Waals surface area contributed by atoms with Crippen LogP contribution in [0.3, 0.4) is 0 Å². The number of hydrogen-bond donors (Lipinski definition) is 0. The molecule has 1 aromatic carbocycles. The van der Waals surface area contributed by atoms with Crippen molar-refractivity contribution in [1.29, 1.82) is 0 Å². The Morgan fingerprint density at radius 1 is 1.43 bits per heavy atom. The monoisotopic (exact) mass is 207 g/mol. The van der Waals surface area contributed by atoms with Crippen molar-refractivity contribution >= 4 is 29.7 Å². The van der Waals surface area contributed by atoms with Gasteiger partial charge in [-0.1, -0.05) is 29.8 Å². The lowest BCUT2D eigenvalue weighted by Gasteiger charge is -1.94. The van der Waals surface area contributed by atoms with Crippen LogP contribution in [0.4, 0.5) is 0 Å². The van der Waals surface area contributed by atoms with Gasteiger partial charge in [-0.15, -0.1) is 4.99 Å². The minimum Gasteiger partial charge on any atom is -0.267 e. The minimum atomic E-state index is -0.653. The molecule has 0 N–H and O–H groups in total. The van der Waals surface area contributed by atoms with Crippen LogP contribution in [0.2, 0.25) is 5.02 Å². The molecule has 70 valence electrons. The standard InChI is InChI=1S/C10H6ClNO2/c11-9-4-2-1-3-8(9)5-6-10(14)12-7-13/h1-6H. The summed E-state index contributed by atoms with van der Waals surface area (Å²) >= 11 is 5.81. The lowest BCUT2D eigenvalue weighted by Crippen LogP contribution is -1.84. The number of isocyanates is 1. The van der Waals surface area contributed by atoms with Gasteiger partial charge in [0, 0.05) is 11.1 Å². The zero-order valence-electron chi connectivity index (χ0n) is 7.11. The van der Waals surface area contributed by atoms with Gasteiger partial charge >= 0.3 is 0 Å². The summed E-state index contributed by atoms with van der Waals surface area (Å²) in [7, 11) is 0. The molecule has 3 nitrogen and oxygen atoms in total. The predicted octanol–water partition coefficient (Wildman–Crippen LogP) is 2.22. The SMILES string of the molecule is O=C=NC(=O)C=Cc1ccccc1Cl. The zero-order chi connectivity index (χ0) is 10.4. The number of amides is 1. The summed E-state index contributed by atoms with van der Waals surface area (Å²) in [6.45, 7) is 0. The van der Waals surface area contributed by atoms with Crippen molar-refractivity contribution in [2.24, 2.45) is 4.99 Å². The van der Waals surface area contributed by atoms with Crippen LogP contribution < -0.4 is 0 Å². The van der Waals surface area contributed by atoms with E-state index >= 15 is 0 Å². The van der Waals surface area contributed by atoms with Crippen LogP contribution in [0.15, 0.2) is 35.3 Å². The van der Waals surface area contributed by atoms with Crippen LogP contribution in [-0.2, 0) is 9.59 Å². The average molecular weight is 208 g/mol. The summed E-state index contributed by atoms with van der Waals surface area (Å²) in [5.74, 6) is -0.653. The highest BCUT2D eigenvalue weighted by atomic mass is 35.5. The molecule has 0 aliphatic rings. The molecule has 4 heteroatoms. The molecule has 0 fully saturated rings. The van der Waals surface area contributed by atoms with Gasteiger partial charge in [0.25, 0.3) is 5.91 Å². The van der Waals surface area contributed by atoms with Crippen molar-refractivity contribution in [3.8, 4) is 0 Å². The topological polar surface area (TPSA) is 46.5 Å². The van der Waals surface area contributed by atoms with Gasteiger partial charge in [0.2, 0.25) is 6.08 Å². The van der Waals surface area contributed by atoms with Gasteiger partial charge in [-0.25, -0.2) is 4.79 Å². The largest absolute Gasteiger partial charge is 0.280 e. The molecule has 0 heterocycles. The van der Waals surface area contributed by atoms with Crippen LogP contribution in [0, 0.1) is 0 Å². The van der Waals surface area contributed by atoms with Crippen molar-refractivity contribution in [1.82, 2.24) is 0 Å². The summed E-state index contributed by atoms with van der Waals surface area (Å²) < 4.78 is 0. The number of aliphatic imine (C=N–C) groups is 1. The second-order valence-electron chi connectivity index (χ2n) is 2.40. The van der Waals surface area contributed by atoms with Crippen molar-refractivity contribution in [3.05, 3.63) is 40.9 Å². The predicted molar refractivity (Wildman–Crippen MR) is 53.6 cm³/mol. The Kier molecular flexibility index (Phi) is 3.80. The Balaban J connectivity index is 2.83. The number of benzene rings is 1. The van der Waals surface area contributed by atoms with Crippen LogP contribution >= 0.6 is 11.6 Å². The molecule has 0 aromatic heterocycles. The quantitative estimate of drug-likeness (QED) is 0.424. The maximum atomic E-state index is 10.8. The molecule has 1 aromatic rings. The highest BCUT2D eigenvalue weighted by molar-refractivity contribution is 6.32. The maximum Gasteiger partial charge on any atom is 0.280 e. The fraction of sp³-hybridized carbons (Fsp3) is 0. The van der Waals surface area contributed by atoms with Gasteiger partial charge in [0.15, 0.2) is 0 Å². The fourth-order valence-corrected chi connectivity index (χ4v) is 1.05. The molecule has 0 spiro atoms. The number of nitrogens with zero attached hydrogens (tertiary/aromatic N) is 1. The Labute approximate surface area is 85.7 Å². The number of hydrogen-bond acceptors (Lipinski definition) is 2. The van der Waals surface area contributed by atoms with Crippen LogP contribution in [0.25, 0.3) is 6.08 Å². The molecule has 0 unspecified atom stereocenters. The molecule has 0 saturated heterocycles. The first-order valence-corrected chi connectivity index (χ1v) is 4.16. The smallest absolute Gasteiger partial charge is 0.267 e.